The highest BCUT2D eigenvalue weighted by molar-refractivity contribution is 7.89. The lowest BCUT2D eigenvalue weighted by Gasteiger charge is -2.43. The van der Waals surface area contributed by atoms with E-state index in [1.165, 1.54) is 6.20 Å². The van der Waals surface area contributed by atoms with Gasteiger partial charge < -0.3 is 35.1 Å². The zero-order chi connectivity index (χ0) is 44.1. The number of nitrogens with zero attached hydrogens (tertiary/aromatic N) is 6. The van der Waals surface area contributed by atoms with E-state index in [1.807, 2.05) is 66.7 Å². The number of aromatic nitrogens is 2. The van der Waals surface area contributed by atoms with E-state index in [9.17, 15) is 17.8 Å². The van der Waals surface area contributed by atoms with Crippen molar-refractivity contribution >= 4 is 80.6 Å². The highest BCUT2D eigenvalue weighted by Gasteiger charge is 2.34. The minimum Gasteiger partial charge on any atom is -0.494 e. The Morgan fingerprint density at radius 1 is 0.968 bits per heavy atom. The maximum Gasteiger partial charge on any atom is 0.229 e. The molecule has 0 saturated carbocycles. The molecule has 1 atom stereocenters. The number of nitrogens with one attached hydrogen (secondary N) is 3. The topological polar surface area (TPSA) is 152 Å². The molecule has 3 saturated heterocycles. The van der Waals surface area contributed by atoms with Crippen LogP contribution in [0, 0.1) is 0 Å². The number of allylic oxidation sites excluding steroid dienone is 1. The molecule has 0 spiro atoms. The average molecular weight is 915 g/mol. The molecular weight excluding hydrogens is 857 g/mol. The molecular formula is C46H57ClN9O5PS. The second-order valence-corrected chi connectivity index (χ2v) is 22.7. The van der Waals surface area contributed by atoms with Gasteiger partial charge in [0.05, 0.1) is 30.4 Å². The van der Waals surface area contributed by atoms with Crippen molar-refractivity contribution in [1.29, 1.82) is 0 Å². The number of hydrogen-bond donors (Lipinski definition) is 3. The van der Waals surface area contributed by atoms with Gasteiger partial charge in [-0.1, -0.05) is 54.1 Å². The van der Waals surface area contributed by atoms with Crippen molar-refractivity contribution in [2.45, 2.75) is 50.7 Å². The minimum absolute atomic E-state index is 0.0666. The van der Waals surface area contributed by atoms with Crippen molar-refractivity contribution < 1.29 is 22.5 Å². The van der Waals surface area contributed by atoms with Crippen molar-refractivity contribution in [3.8, 4) is 5.75 Å². The van der Waals surface area contributed by atoms with E-state index in [0.717, 1.165) is 87.3 Å². The number of piperidine rings is 2. The fraction of sp³-hybridized carbons (Fsp3) is 0.435. The van der Waals surface area contributed by atoms with Crippen LogP contribution in [0.2, 0.25) is 5.02 Å². The third-order valence-electron chi connectivity index (χ3n) is 12.7. The molecule has 334 valence electrons. The molecule has 3 N–H and O–H groups in total. The van der Waals surface area contributed by atoms with E-state index in [-0.39, 0.29) is 11.8 Å². The van der Waals surface area contributed by atoms with Gasteiger partial charge in [0, 0.05) is 87.1 Å². The lowest BCUT2D eigenvalue weighted by atomic mass is 10.0. The van der Waals surface area contributed by atoms with Crippen LogP contribution in [0.1, 0.15) is 48.8 Å². The lowest BCUT2D eigenvalue weighted by Crippen LogP contribution is -2.54. The van der Waals surface area contributed by atoms with Gasteiger partial charge >= 0.3 is 0 Å². The highest BCUT2D eigenvalue weighted by atomic mass is 35.5. The summed E-state index contributed by atoms with van der Waals surface area (Å²) in [5.74, 6) is 3.63. The van der Waals surface area contributed by atoms with E-state index in [0.29, 0.717) is 77.0 Å². The zero-order valence-corrected chi connectivity index (χ0v) is 38.7. The van der Waals surface area contributed by atoms with Gasteiger partial charge in [-0.2, -0.15) is 9.29 Å². The number of fused-ring (bicyclic) bond motifs is 1. The summed E-state index contributed by atoms with van der Waals surface area (Å²) in [6.45, 7) is 10.2. The number of piperazine rings is 1. The first kappa shape index (κ1) is 44.9. The summed E-state index contributed by atoms with van der Waals surface area (Å²) in [6, 6.07) is 20.1. The molecule has 5 heterocycles. The number of hydrogen-bond acceptors (Lipinski definition) is 13. The molecule has 0 aliphatic carbocycles. The molecule has 63 heavy (non-hydrogen) atoms. The number of para-hydroxylation sites is 1. The molecule has 4 aromatic rings. The summed E-state index contributed by atoms with van der Waals surface area (Å²) in [7, 11) is -4.33. The van der Waals surface area contributed by atoms with Gasteiger partial charge in [-0.3, -0.25) is 4.90 Å². The molecule has 14 nitrogen and oxygen atoms in total. The number of ether oxygens (including phenoxy) is 1. The summed E-state index contributed by atoms with van der Waals surface area (Å²) < 4.78 is 47.3. The van der Waals surface area contributed by atoms with Crippen LogP contribution in [0.25, 0.3) is 11.8 Å². The summed E-state index contributed by atoms with van der Waals surface area (Å²) in [5, 5.41) is 11.0. The Morgan fingerprint density at radius 3 is 2.49 bits per heavy atom. The quantitative estimate of drug-likeness (QED) is 0.0918. The normalized spacial score (nSPS) is 19.3. The predicted molar refractivity (Wildman–Crippen MR) is 255 cm³/mol. The SMILES string of the molecule is COc1cc(N2CCC(N3CCN(S(=O)(=O)CC/C=C/c4cccc5c4CN(C4CCCNC4)C5=C=O)CC3)CC2)ccc1Nc1ncc(Cl)c(Nc2ccccc2P(C)(C)=O)n1. The van der Waals surface area contributed by atoms with Gasteiger partial charge in [0.1, 0.15) is 23.6 Å². The summed E-state index contributed by atoms with van der Waals surface area (Å²) in [6.07, 6.45) is 9.99. The van der Waals surface area contributed by atoms with Gasteiger partial charge in [0.2, 0.25) is 16.0 Å². The van der Waals surface area contributed by atoms with Crippen molar-refractivity contribution in [1.82, 2.24) is 29.4 Å². The summed E-state index contributed by atoms with van der Waals surface area (Å²) >= 11 is 6.48. The molecule has 4 aliphatic rings. The van der Waals surface area contributed by atoms with Crippen LogP contribution in [0.15, 0.2) is 72.9 Å². The van der Waals surface area contributed by atoms with E-state index < -0.39 is 17.2 Å². The third kappa shape index (κ3) is 10.3. The predicted octanol–water partition coefficient (Wildman–Crippen LogP) is 6.63. The zero-order valence-electron chi connectivity index (χ0n) is 36.2. The van der Waals surface area contributed by atoms with Crippen LogP contribution < -0.4 is 30.9 Å². The molecule has 1 aromatic heterocycles. The smallest absolute Gasteiger partial charge is 0.229 e. The molecule has 0 bridgehead atoms. The maximum absolute atomic E-state index is 13.5. The van der Waals surface area contributed by atoms with E-state index in [2.05, 4.69) is 52.6 Å². The Bertz CT molecular complexity index is 2530. The monoisotopic (exact) mass is 913 g/mol. The Balaban J connectivity index is 0.809. The molecule has 8 rings (SSSR count). The second kappa shape index (κ2) is 19.6. The highest BCUT2D eigenvalue weighted by Crippen LogP contribution is 2.40. The van der Waals surface area contributed by atoms with Crippen LogP contribution in [-0.2, 0) is 25.9 Å². The fourth-order valence-electron chi connectivity index (χ4n) is 9.27. The van der Waals surface area contributed by atoms with Crippen molar-refractivity contribution in [3.05, 3.63) is 94.6 Å². The fourth-order valence-corrected chi connectivity index (χ4v) is 12.0. The molecule has 0 radical (unpaired) electrons. The molecule has 0 amide bonds. The summed E-state index contributed by atoms with van der Waals surface area (Å²) in [5.41, 5.74) is 6.12. The summed E-state index contributed by atoms with van der Waals surface area (Å²) in [4.78, 5) is 28.0. The Labute approximate surface area is 376 Å². The van der Waals surface area contributed by atoms with E-state index >= 15 is 0 Å². The van der Waals surface area contributed by atoms with Gasteiger partial charge in [-0.05, 0) is 87.4 Å². The number of methoxy groups -OCH3 is 1. The average Bonchev–Trinajstić information content (AvgIpc) is 3.69. The third-order valence-corrected chi connectivity index (χ3v) is 16.4. The molecule has 1 unspecified atom stereocenters. The molecule has 17 heteroatoms. The largest absolute Gasteiger partial charge is 0.494 e. The molecule has 3 aromatic carbocycles. The Morgan fingerprint density at radius 2 is 1.76 bits per heavy atom. The number of carbonyl (C=O) groups excluding carboxylic acids is 1. The van der Waals surface area contributed by atoms with Crippen molar-refractivity contribution in [2.24, 2.45) is 0 Å². The number of rotatable bonds is 14. The lowest BCUT2D eigenvalue weighted by molar-refractivity contribution is 0.120. The number of halogens is 1. The number of benzene rings is 3. The van der Waals surface area contributed by atoms with Gasteiger partial charge in [-0.25, -0.2) is 18.2 Å². The van der Waals surface area contributed by atoms with E-state index in [1.54, 1.807) is 24.7 Å². The molecule has 4 aliphatic heterocycles. The van der Waals surface area contributed by atoms with Gasteiger partial charge in [-0.15, -0.1) is 0 Å². The first-order valence-corrected chi connectivity index (χ1v) is 26.4. The number of anilines is 5. The van der Waals surface area contributed by atoms with Gasteiger partial charge in [0.25, 0.3) is 0 Å². The van der Waals surface area contributed by atoms with E-state index in [4.69, 9.17) is 16.3 Å². The van der Waals surface area contributed by atoms with Crippen LogP contribution in [-0.4, -0.2) is 129 Å². The van der Waals surface area contributed by atoms with Gasteiger partial charge in [0.15, 0.2) is 11.8 Å². The van der Waals surface area contributed by atoms with Crippen LogP contribution >= 0.6 is 18.7 Å². The minimum atomic E-state index is -3.40. The maximum atomic E-state index is 13.5. The first-order chi connectivity index (χ1) is 30.4. The van der Waals surface area contributed by atoms with Crippen LogP contribution in [0.5, 0.6) is 5.75 Å². The van der Waals surface area contributed by atoms with Crippen molar-refractivity contribution in [2.75, 3.05) is 94.1 Å². The van der Waals surface area contributed by atoms with Crippen LogP contribution in [0.3, 0.4) is 0 Å². The number of sulfonamides is 1. The van der Waals surface area contributed by atoms with Crippen molar-refractivity contribution in [3.63, 3.8) is 0 Å². The Hall–Kier alpha value is -4.72. The molecule has 3 fully saturated rings. The first-order valence-electron chi connectivity index (χ1n) is 21.8. The Kier molecular flexibility index (Phi) is 13.9. The second-order valence-electron chi connectivity index (χ2n) is 17.0. The van der Waals surface area contributed by atoms with Crippen LogP contribution in [0.4, 0.5) is 28.8 Å². The standard InChI is InChI=1S/C46H57ClN9O5PS/c1-61-43-28-35(16-17-40(43)51-46-49-30-39(47)45(52-46)50-41-14-4-5-15-44(41)62(2,3)58)53-21-18-34(19-22-53)54-23-25-55(26-24-54)63(59,60)27-7-6-10-33-11-8-13-37-38(33)31-56(42(37)32-57)36-12-9-20-48-29-36/h4-6,8,10-11,13-17,28,30,34,36,48H,7,9,12,18-27,29,31H2,1-3H3,(H2,49,50,51,52)/b10-6+.